The predicted molar refractivity (Wildman–Crippen MR) is 100 cm³/mol. The van der Waals surface area contributed by atoms with Gasteiger partial charge < -0.3 is 14.2 Å². The van der Waals surface area contributed by atoms with E-state index in [9.17, 15) is 4.79 Å². The molecule has 1 aromatic heterocycles. The van der Waals surface area contributed by atoms with Crippen LogP contribution >= 0.6 is 11.8 Å². The number of fused-ring (bicyclic) bond motifs is 1. The van der Waals surface area contributed by atoms with E-state index in [0.29, 0.717) is 24.7 Å². The van der Waals surface area contributed by atoms with E-state index in [2.05, 4.69) is 20.1 Å². The molecule has 0 fully saturated rings. The van der Waals surface area contributed by atoms with Crippen LogP contribution in [-0.2, 0) is 11.3 Å². The van der Waals surface area contributed by atoms with Crippen molar-refractivity contribution in [1.82, 2.24) is 20.0 Å². The fourth-order valence-electron chi connectivity index (χ4n) is 2.87. The number of rotatable bonds is 5. The quantitative estimate of drug-likeness (QED) is 0.807. The summed E-state index contributed by atoms with van der Waals surface area (Å²) in [6.45, 7) is 2.09. The number of hydrogen-bond donors (Lipinski definition) is 0. The lowest BCUT2D eigenvalue weighted by Crippen LogP contribution is -2.33. The van der Waals surface area contributed by atoms with Crippen molar-refractivity contribution in [2.45, 2.75) is 19.4 Å². The molecule has 26 heavy (non-hydrogen) atoms. The molecule has 7 nitrogen and oxygen atoms in total. The van der Waals surface area contributed by atoms with Crippen LogP contribution in [0.3, 0.4) is 0 Å². The van der Waals surface area contributed by atoms with E-state index in [-0.39, 0.29) is 5.91 Å². The molecule has 3 heterocycles. The van der Waals surface area contributed by atoms with Crippen LogP contribution in [0.25, 0.3) is 11.5 Å². The molecule has 0 spiro atoms. The van der Waals surface area contributed by atoms with Crippen LogP contribution in [0.5, 0.6) is 0 Å². The first-order chi connectivity index (χ1) is 12.7. The van der Waals surface area contributed by atoms with E-state index >= 15 is 0 Å². The topological polar surface area (TPSA) is 74.8 Å². The molecule has 0 atom stereocenters. The van der Waals surface area contributed by atoms with E-state index in [0.717, 1.165) is 35.9 Å². The highest BCUT2D eigenvalue weighted by atomic mass is 32.2. The third-order valence-corrected chi connectivity index (χ3v) is 5.23. The summed E-state index contributed by atoms with van der Waals surface area (Å²) < 4.78 is 5.68. The lowest BCUT2D eigenvalue weighted by Gasteiger charge is -2.26. The minimum atomic E-state index is 0.0168. The molecule has 0 saturated carbocycles. The highest BCUT2D eigenvalue weighted by molar-refractivity contribution is 8.16. The summed E-state index contributed by atoms with van der Waals surface area (Å²) in [6.07, 6.45) is 1.37. The minimum Gasteiger partial charge on any atom is -0.419 e. The van der Waals surface area contributed by atoms with Crippen LogP contribution in [0.15, 0.2) is 50.8 Å². The lowest BCUT2D eigenvalue weighted by atomic mass is 10.2. The number of carbonyl (C=O) groups is 1. The molecule has 0 radical (unpaired) electrons. The zero-order valence-corrected chi connectivity index (χ0v) is 15.3. The van der Waals surface area contributed by atoms with Gasteiger partial charge >= 0.3 is 0 Å². The zero-order valence-electron chi connectivity index (χ0n) is 14.5. The average molecular weight is 369 g/mol. The number of nitrogens with zero attached hydrogens (tertiary/aromatic N) is 5. The third-order valence-electron chi connectivity index (χ3n) is 4.28. The Morgan fingerprint density at radius 3 is 3.00 bits per heavy atom. The second kappa shape index (κ2) is 7.33. The number of amidine groups is 1. The van der Waals surface area contributed by atoms with Gasteiger partial charge in [0.25, 0.3) is 0 Å². The molecule has 2 aromatic rings. The molecule has 0 saturated heterocycles. The van der Waals surface area contributed by atoms with Gasteiger partial charge in [-0.05, 0) is 24.0 Å². The van der Waals surface area contributed by atoms with E-state index in [1.807, 2.05) is 35.7 Å². The Balaban J connectivity index is 1.37. The van der Waals surface area contributed by atoms with E-state index in [4.69, 9.17) is 4.42 Å². The molecule has 2 aliphatic rings. The van der Waals surface area contributed by atoms with Gasteiger partial charge in [0.15, 0.2) is 5.17 Å². The maximum Gasteiger partial charge on any atom is 0.247 e. The van der Waals surface area contributed by atoms with Gasteiger partial charge in [-0.1, -0.05) is 30.0 Å². The van der Waals surface area contributed by atoms with Crippen LogP contribution in [0, 0.1) is 0 Å². The molecule has 4 rings (SSSR count). The molecule has 0 aliphatic carbocycles. The van der Waals surface area contributed by atoms with Gasteiger partial charge in [0.2, 0.25) is 17.7 Å². The number of aromatic nitrogens is 2. The molecule has 0 bridgehead atoms. The fourth-order valence-corrected chi connectivity index (χ4v) is 3.82. The standard InChI is InChI=1S/C18H19N5O2S/c1-22(11-15-20-21-17(25-15)13-6-3-2-4-7-13)16(24)10-14-12-26-18-19-8-5-9-23(14)18/h2-4,6-7,12H,5,8-11H2,1H3. The summed E-state index contributed by atoms with van der Waals surface area (Å²) in [5.41, 5.74) is 1.88. The Morgan fingerprint density at radius 2 is 2.15 bits per heavy atom. The van der Waals surface area contributed by atoms with Gasteiger partial charge in [-0.25, -0.2) is 0 Å². The maximum absolute atomic E-state index is 12.6. The molecule has 1 amide bonds. The molecule has 0 unspecified atom stereocenters. The Hall–Kier alpha value is -2.61. The van der Waals surface area contributed by atoms with Gasteiger partial charge in [-0.3, -0.25) is 9.79 Å². The second-order valence-corrected chi connectivity index (χ2v) is 7.03. The molecule has 134 valence electrons. The fraction of sp³-hybridized carbons (Fsp3) is 0.333. The van der Waals surface area contributed by atoms with E-state index < -0.39 is 0 Å². The van der Waals surface area contributed by atoms with E-state index in [1.54, 1.807) is 23.7 Å². The van der Waals surface area contributed by atoms with Crippen molar-refractivity contribution in [3.05, 3.63) is 47.3 Å². The van der Waals surface area contributed by atoms with Crippen LogP contribution in [0.4, 0.5) is 0 Å². The highest BCUT2D eigenvalue weighted by Gasteiger charge is 2.27. The van der Waals surface area contributed by atoms with Crippen molar-refractivity contribution in [2.24, 2.45) is 4.99 Å². The number of thioether (sulfide) groups is 1. The average Bonchev–Trinajstić information content (AvgIpc) is 3.30. The number of carbonyl (C=O) groups excluding carboxylic acids is 1. The summed E-state index contributed by atoms with van der Waals surface area (Å²) in [6, 6.07) is 9.59. The number of benzene rings is 1. The summed E-state index contributed by atoms with van der Waals surface area (Å²) >= 11 is 1.60. The van der Waals surface area contributed by atoms with Crippen LogP contribution in [-0.4, -0.2) is 51.2 Å². The van der Waals surface area contributed by atoms with Gasteiger partial charge in [0, 0.05) is 31.4 Å². The Bertz CT molecular complexity index is 861. The summed E-state index contributed by atoms with van der Waals surface area (Å²) in [7, 11) is 1.75. The van der Waals surface area contributed by atoms with Gasteiger partial charge in [0.05, 0.1) is 13.0 Å². The van der Waals surface area contributed by atoms with Crippen molar-refractivity contribution in [1.29, 1.82) is 0 Å². The van der Waals surface area contributed by atoms with Gasteiger partial charge in [-0.2, -0.15) is 0 Å². The summed E-state index contributed by atoms with van der Waals surface area (Å²) in [5, 5.41) is 11.1. The minimum absolute atomic E-state index is 0.0168. The second-order valence-electron chi connectivity index (χ2n) is 6.19. The SMILES string of the molecule is CN(Cc1nnc(-c2ccccc2)o1)C(=O)CC1=CSC2=NCCCN12. The normalized spacial score (nSPS) is 16.1. The Labute approximate surface area is 155 Å². The first-order valence-corrected chi connectivity index (χ1v) is 9.38. The van der Waals surface area contributed by atoms with Crippen molar-refractivity contribution in [2.75, 3.05) is 20.1 Å². The van der Waals surface area contributed by atoms with Crippen molar-refractivity contribution in [3.8, 4) is 11.5 Å². The van der Waals surface area contributed by atoms with Crippen molar-refractivity contribution >= 4 is 22.8 Å². The molecule has 0 N–H and O–H groups in total. The number of amides is 1. The van der Waals surface area contributed by atoms with Gasteiger partial charge in [0.1, 0.15) is 0 Å². The summed E-state index contributed by atoms with van der Waals surface area (Å²) in [5.74, 6) is 0.906. The largest absolute Gasteiger partial charge is 0.419 e. The Kier molecular flexibility index (Phi) is 4.75. The predicted octanol–water partition coefficient (Wildman–Crippen LogP) is 2.74. The van der Waals surface area contributed by atoms with Crippen LogP contribution in [0.1, 0.15) is 18.7 Å². The van der Waals surface area contributed by atoms with E-state index in [1.165, 1.54) is 0 Å². The van der Waals surface area contributed by atoms with Crippen LogP contribution in [0.2, 0.25) is 0 Å². The molecule has 2 aliphatic heterocycles. The Morgan fingerprint density at radius 1 is 1.31 bits per heavy atom. The van der Waals surface area contributed by atoms with Gasteiger partial charge in [-0.15, -0.1) is 10.2 Å². The van der Waals surface area contributed by atoms with Crippen LogP contribution < -0.4 is 0 Å². The molecular weight excluding hydrogens is 350 g/mol. The first kappa shape index (κ1) is 16.8. The highest BCUT2D eigenvalue weighted by Crippen LogP contribution is 2.30. The third kappa shape index (κ3) is 3.50. The molecule has 1 aromatic carbocycles. The summed E-state index contributed by atoms with van der Waals surface area (Å²) in [4.78, 5) is 20.8. The molecule has 8 heteroatoms. The number of aliphatic imine (C=N–C) groups is 1. The maximum atomic E-state index is 12.6. The first-order valence-electron chi connectivity index (χ1n) is 8.50. The smallest absolute Gasteiger partial charge is 0.247 e. The van der Waals surface area contributed by atoms with Crippen molar-refractivity contribution < 1.29 is 9.21 Å². The molecular formula is C18H19N5O2S. The lowest BCUT2D eigenvalue weighted by molar-refractivity contribution is -0.130. The number of hydrogen-bond acceptors (Lipinski definition) is 7. The van der Waals surface area contributed by atoms with Crippen molar-refractivity contribution in [3.63, 3.8) is 0 Å². The zero-order chi connectivity index (χ0) is 17.9. The monoisotopic (exact) mass is 369 g/mol.